The Morgan fingerprint density at radius 3 is 2.93 bits per heavy atom. The molecule has 0 spiro atoms. The highest BCUT2D eigenvalue weighted by molar-refractivity contribution is 9.11. The number of carbonyl (C=O) groups excluding carboxylic acids is 1. The van der Waals surface area contributed by atoms with Gasteiger partial charge in [-0.25, -0.2) is 4.98 Å². The van der Waals surface area contributed by atoms with Gasteiger partial charge < -0.3 is 10.2 Å². The number of hydrogen-bond acceptors (Lipinski definition) is 3. The van der Waals surface area contributed by atoms with Gasteiger partial charge in [-0.15, -0.1) is 0 Å². The standard InChI is InChI=1S/C9H9Br2N3O/c10-6-3-7(11)9(13-4-6)14-2-1-12-8(15)5-14/h3-4H,1-2,5H2,(H,12,15). The molecule has 1 aromatic heterocycles. The van der Waals surface area contributed by atoms with E-state index in [1.807, 2.05) is 11.0 Å². The number of anilines is 1. The van der Waals surface area contributed by atoms with Crippen molar-refractivity contribution >= 4 is 43.6 Å². The minimum absolute atomic E-state index is 0.0397. The Labute approximate surface area is 104 Å². The molecule has 0 aliphatic carbocycles. The molecule has 1 N–H and O–H groups in total. The van der Waals surface area contributed by atoms with Crippen LogP contribution in [0.25, 0.3) is 0 Å². The number of rotatable bonds is 1. The van der Waals surface area contributed by atoms with Crippen molar-refractivity contribution in [3.63, 3.8) is 0 Å². The number of nitrogens with one attached hydrogen (secondary N) is 1. The summed E-state index contributed by atoms with van der Waals surface area (Å²) in [5, 5.41) is 2.78. The van der Waals surface area contributed by atoms with E-state index in [4.69, 9.17) is 0 Å². The van der Waals surface area contributed by atoms with Crippen LogP contribution in [0.2, 0.25) is 0 Å². The average Bonchev–Trinajstić information content (AvgIpc) is 2.17. The van der Waals surface area contributed by atoms with Gasteiger partial charge in [-0.2, -0.15) is 0 Å². The second kappa shape index (κ2) is 4.49. The van der Waals surface area contributed by atoms with Crippen molar-refractivity contribution in [2.75, 3.05) is 24.5 Å². The van der Waals surface area contributed by atoms with E-state index < -0.39 is 0 Å². The summed E-state index contributed by atoms with van der Waals surface area (Å²) >= 11 is 6.78. The van der Waals surface area contributed by atoms with Gasteiger partial charge in [0.15, 0.2) is 0 Å². The fourth-order valence-corrected chi connectivity index (χ4v) is 2.70. The second-order valence-electron chi connectivity index (χ2n) is 3.23. The highest BCUT2D eigenvalue weighted by Crippen LogP contribution is 2.26. The van der Waals surface area contributed by atoms with Gasteiger partial charge in [0.1, 0.15) is 5.82 Å². The molecule has 0 radical (unpaired) electrons. The number of amides is 1. The molecule has 1 aromatic rings. The Bertz CT molecular complexity index is 397. The lowest BCUT2D eigenvalue weighted by atomic mass is 10.3. The monoisotopic (exact) mass is 333 g/mol. The highest BCUT2D eigenvalue weighted by Gasteiger charge is 2.19. The number of carbonyl (C=O) groups is 1. The zero-order valence-electron chi connectivity index (χ0n) is 7.83. The van der Waals surface area contributed by atoms with E-state index in [0.717, 1.165) is 21.3 Å². The van der Waals surface area contributed by atoms with Crippen LogP contribution in [-0.2, 0) is 4.79 Å². The van der Waals surface area contributed by atoms with Crippen molar-refractivity contribution in [1.82, 2.24) is 10.3 Å². The molecule has 4 nitrogen and oxygen atoms in total. The van der Waals surface area contributed by atoms with Crippen LogP contribution >= 0.6 is 31.9 Å². The summed E-state index contributed by atoms with van der Waals surface area (Å²) in [5.41, 5.74) is 0. The van der Waals surface area contributed by atoms with E-state index in [2.05, 4.69) is 42.2 Å². The fourth-order valence-electron chi connectivity index (χ4n) is 1.46. The topological polar surface area (TPSA) is 45.2 Å². The third-order valence-electron chi connectivity index (χ3n) is 2.13. The van der Waals surface area contributed by atoms with Crippen LogP contribution in [-0.4, -0.2) is 30.5 Å². The first kappa shape index (κ1) is 10.9. The predicted molar refractivity (Wildman–Crippen MR) is 64.9 cm³/mol. The summed E-state index contributed by atoms with van der Waals surface area (Å²) < 4.78 is 1.81. The lowest BCUT2D eigenvalue weighted by Gasteiger charge is -2.28. The van der Waals surface area contributed by atoms with Gasteiger partial charge in [0.25, 0.3) is 0 Å². The van der Waals surface area contributed by atoms with E-state index >= 15 is 0 Å². The van der Waals surface area contributed by atoms with Gasteiger partial charge in [0, 0.05) is 23.8 Å². The van der Waals surface area contributed by atoms with Crippen molar-refractivity contribution in [3.05, 3.63) is 21.2 Å². The molecule has 1 saturated heterocycles. The lowest BCUT2D eigenvalue weighted by molar-refractivity contribution is -0.120. The van der Waals surface area contributed by atoms with Gasteiger partial charge in [-0.3, -0.25) is 4.79 Å². The van der Waals surface area contributed by atoms with Crippen LogP contribution in [0.3, 0.4) is 0 Å². The summed E-state index contributed by atoms with van der Waals surface area (Å²) in [7, 11) is 0. The van der Waals surface area contributed by atoms with Crippen molar-refractivity contribution in [2.24, 2.45) is 0 Å². The Morgan fingerprint density at radius 1 is 1.47 bits per heavy atom. The molecule has 1 amide bonds. The number of hydrogen-bond donors (Lipinski definition) is 1. The Kier molecular flexibility index (Phi) is 3.25. The zero-order chi connectivity index (χ0) is 10.8. The van der Waals surface area contributed by atoms with Crippen molar-refractivity contribution in [3.8, 4) is 0 Å². The van der Waals surface area contributed by atoms with E-state index in [0.29, 0.717) is 13.1 Å². The van der Waals surface area contributed by atoms with Crippen LogP contribution in [0.4, 0.5) is 5.82 Å². The summed E-state index contributed by atoms with van der Waals surface area (Å²) in [6.07, 6.45) is 1.73. The summed E-state index contributed by atoms with van der Waals surface area (Å²) in [6, 6.07) is 1.93. The molecule has 2 rings (SSSR count). The Morgan fingerprint density at radius 2 is 2.27 bits per heavy atom. The largest absolute Gasteiger partial charge is 0.353 e. The van der Waals surface area contributed by atoms with Crippen molar-refractivity contribution in [2.45, 2.75) is 0 Å². The quantitative estimate of drug-likeness (QED) is 0.847. The number of pyridine rings is 1. The molecule has 6 heteroatoms. The molecule has 1 aliphatic heterocycles. The molecule has 1 fully saturated rings. The minimum Gasteiger partial charge on any atom is -0.353 e. The minimum atomic E-state index is 0.0397. The molecule has 0 bridgehead atoms. The molecule has 0 aromatic carbocycles. The number of nitrogens with zero attached hydrogens (tertiary/aromatic N) is 2. The van der Waals surface area contributed by atoms with Crippen LogP contribution in [0, 0.1) is 0 Å². The predicted octanol–water partition coefficient (Wildman–Crippen LogP) is 1.54. The number of aromatic nitrogens is 1. The SMILES string of the molecule is O=C1CN(c2ncc(Br)cc2Br)CCN1. The normalized spacial score (nSPS) is 16.4. The molecule has 2 heterocycles. The molecule has 0 atom stereocenters. The third-order valence-corrected chi connectivity index (χ3v) is 3.14. The first-order chi connectivity index (χ1) is 7.16. The summed E-state index contributed by atoms with van der Waals surface area (Å²) in [6.45, 7) is 1.83. The van der Waals surface area contributed by atoms with Gasteiger partial charge in [0.05, 0.1) is 11.0 Å². The average molecular weight is 335 g/mol. The van der Waals surface area contributed by atoms with Gasteiger partial charge >= 0.3 is 0 Å². The van der Waals surface area contributed by atoms with Gasteiger partial charge in [-0.1, -0.05) is 0 Å². The van der Waals surface area contributed by atoms with Crippen molar-refractivity contribution in [1.29, 1.82) is 0 Å². The van der Waals surface area contributed by atoms with E-state index in [9.17, 15) is 4.79 Å². The molecule has 15 heavy (non-hydrogen) atoms. The highest BCUT2D eigenvalue weighted by atomic mass is 79.9. The maximum absolute atomic E-state index is 11.2. The van der Waals surface area contributed by atoms with Crippen LogP contribution < -0.4 is 10.2 Å². The molecule has 0 unspecified atom stereocenters. The maximum Gasteiger partial charge on any atom is 0.239 e. The summed E-state index contributed by atoms with van der Waals surface area (Å²) in [5.74, 6) is 0.853. The molecule has 80 valence electrons. The summed E-state index contributed by atoms with van der Waals surface area (Å²) in [4.78, 5) is 17.5. The fraction of sp³-hybridized carbons (Fsp3) is 0.333. The lowest BCUT2D eigenvalue weighted by Crippen LogP contribution is -2.48. The molecule has 0 saturated carbocycles. The van der Waals surface area contributed by atoms with Crippen LogP contribution in [0.5, 0.6) is 0 Å². The molecular formula is C9H9Br2N3O. The van der Waals surface area contributed by atoms with Crippen LogP contribution in [0.1, 0.15) is 0 Å². The zero-order valence-corrected chi connectivity index (χ0v) is 11.0. The Balaban J connectivity index is 2.24. The number of piperazine rings is 1. The van der Waals surface area contributed by atoms with E-state index in [-0.39, 0.29) is 5.91 Å². The molecular weight excluding hydrogens is 326 g/mol. The van der Waals surface area contributed by atoms with Crippen molar-refractivity contribution < 1.29 is 4.79 Å². The van der Waals surface area contributed by atoms with E-state index in [1.165, 1.54) is 0 Å². The van der Waals surface area contributed by atoms with Gasteiger partial charge in [-0.05, 0) is 37.9 Å². The first-order valence-electron chi connectivity index (χ1n) is 4.49. The smallest absolute Gasteiger partial charge is 0.239 e. The van der Waals surface area contributed by atoms with Crippen LogP contribution in [0.15, 0.2) is 21.2 Å². The molecule has 1 aliphatic rings. The Hall–Kier alpha value is -0.620. The second-order valence-corrected chi connectivity index (χ2v) is 5.00. The third kappa shape index (κ3) is 2.49. The van der Waals surface area contributed by atoms with E-state index in [1.54, 1.807) is 6.20 Å². The number of halogens is 2. The van der Waals surface area contributed by atoms with Gasteiger partial charge in [0.2, 0.25) is 5.91 Å². The maximum atomic E-state index is 11.2. The first-order valence-corrected chi connectivity index (χ1v) is 6.08.